The molecule has 8 heteroatoms. The third kappa shape index (κ3) is 2.46. The maximum Gasteiger partial charge on any atom is 0.249 e. The molecular formula is C27H33N3O5. The van der Waals surface area contributed by atoms with E-state index in [0.717, 1.165) is 41.5 Å². The molecule has 1 aromatic heterocycles. The van der Waals surface area contributed by atoms with Crippen molar-refractivity contribution in [1.29, 1.82) is 0 Å². The highest BCUT2D eigenvalue weighted by Gasteiger charge is 2.73. The normalized spacial score (nSPS) is 32.6. The number of hydrogen-bond donors (Lipinski definition) is 3. The number of nitrogens with one attached hydrogen (secondary N) is 1. The smallest absolute Gasteiger partial charge is 0.249 e. The molecule has 0 unspecified atom stereocenters. The van der Waals surface area contributed by atoms with Crippen LogP contribution in [0, 0.1) is 5.92 Å². The van der Waals surface area contributed by atoms with Crippen LogP contribution in [0.3, 0.4) is 0 Å². The number of amides is 2. The average molecular weight is 480 g/mol. The Bertz CT molecular complexity index is 1340. The van der Waals surface area contributed by atoms with Crippen LogP contribution in [-0.2, 0) is 21.4 Å². The highest BCUT2D eigenvalue weighted by Crippen LogP contribution is 2.60. The molecule has 2 bridgehead atoms. The number of piperazine rings is 1. The third-order valence-corrected chi connectivity index (χ3v) is 9.18. The molecular weight excluding hydrogens is 446 g/mol. The van der Waals surface area contributed by atoms with Crippen molar-refractivity contribution in [2.75, 3.05) is 13.7 Å². The zero-order chi connectivity index (χ0) is 25.1. The summed E-state index contributed by atoms with van der Waals surface area (Å²) in [6.07, 6.45) is 6.64. The summed E-state index contributed by atoms with van der Waals surface area (Å²) >= 11 is 0. The first-order valence-corrected chi connectivity index (χ1v) is 12.4. The Labute approximate surface area is 204 Å². The second-order valence-electron chi connectivity index (χ2n) is 11.7. The van der Waals surface area contributed by atoms with E-state index in [4.69, 9.17) is 9.84 Å². The summed E-state index contributed by atoms with van der Waals surface area (Å²) in [5.41, 5.74) is 0.717. The summed E-state index contributed by atoms with van der Waals surface area (Å²) < 4.78 is 7.49. The third-order valence-electron chi connectivity index (χ3n) is 9.18. The van der Waals surface area contributed by atoms with Crippen molar-refractivity contribution in [2.24, 2.45) is 5.92 Å². The zero-order valence-electron chi connectivity index (χ0n) is 20.9. The maximum atomic E-state index is 13.9. The van der Waals surface area contributed by atoms with Gasteiger partial charge in [-0.25, -0.2) is 0 Å². The number of ether oxygens (including phenoxy) is 1. The van der Waals surface area contributed by atoms with E-state index in [1.165, 1.54) is 4.73 Å². The van der Waals surface area contributed by atoms with Gasteiger partial charge in [0.2, 0.25) is 11.8 Å². The second kappa shape index (κ2) is 6.60. The molecule has 8 nitrogen and oxygen atoms in total. The molecule has 6 heterocycles. The van der Waals surface area contributed by atoms with E-state index >= 15 is 0 Å². The van der Waals surface area contributed by atoms with E-state index < -0.39 is 22.1 Å². The molecule has 186 valence electrons. The summed E-state index contributed by atoms with van der Waals surface area (Å²) in [6, 6.07) is 3.94. The van der Waals surface area contributed by atoms with Crippen LogP contribution in [0.4, 0.5) is 0 Å². The molecule has 2 aromatic rings. The Morgan fingerprint density at radius 1 is 1.14 bits per heavy atom. The Balaban J connectivity index is 0.00000112. The number of nitrogens with zero attached hydrogens (tertiary/aromatic N) is 2. The van der Waals surface area contributed by atoms with Gasteiger partial charge in [0.05, 0.1) is 11.2 Å². The molecule has 2 spiro atoms. The van der Waals surface area contributed by atoms with Crippen molar-refractivity contribution in [3.63, 3.8) is 0 Å². The lowest BCUT2D eigenvalue weighted by atomic mass is 9.51. The van der Waals surface area contributed by atoms with Crippen molar-refractivity contribution >= 4 is 28.8 Å². The summed E-state index contributed by atoms with van der Waals surface area (Å²) in [4.78, 5) is 29.1. The van der Waals surface area contributed by atoms with Crippen LogP contribution in [-0.4, -0.2) is 62.1 Å². The molecule has 5 aliphatic heterocycles. The van der Waals surface area contributed by atoms with Gasteiger partial charge in [-0.15, -0.1) is 0 Å². The largest absolute Gasteiger partial charge is 0.483 e. The Kier molecular flexibility index (Phi) is 4.24. The van der Waals surface area contributed by atoms with Crippen LogP contribution < -0.4 is 10.1 Å². The first-order valence-electron chi connectivity index (χ1n) is 12.4. The molecule has 0 saturated carbocycles. The van der Waals surface area contributed by atoms with Crippen molar-refractivity contribution in [2.45, 2.75) is 75.5 Å². The van der Waals surface area contributed by atoms with E-state index in [2.05, 4.69) is 19.2 Å². The van der Waals surface area contributed by atoms with Crippen molar-refractivity contribution in [3.8, 4) is 5.75 Å². The standard InChI is InChI=1S/C26H29N3O4.CH4O/c1-23(2)10-8-15-17(33-23)7-6-14-16-12-26-18(24(3,4)20(16)29(32)19(14)15)13-25(21(30)27-26)9-5-11-28(25)22(26)31;1-2/h6-8,10,18,32H,5,9,11-13H2,1-4H3,(H,27,30);2H,1H3/t18-,25+,26+;/m1./s1. The average Bonchev–Trinajstić information content (AvgIpc) is 3.36. The number of hydrogen-bond acceptors (Lipinski definition) is 5. The molecule has 4 fully saturated rings. The van der Waals surface area contributed by atoms with Gasteiger partial charge in [0, 0.05) is 42.4 Å². The van der Waals surface area contributed by atoms with E-state index in [1.54, 1.807) is 0 Å². The molecule has 4 saturated heterocycles. The molecule has 1 aliphatic carbocycles. The second-order valence-corrected chi connectivity index (χ2v) is 11.7. The number of aliphatic hydroxyl groups is 1. The van der Waals surface area contributed by atoms with Crippen molar-refractivity contribution < 1.29 is 24.6 Å². The number of benzene rings is 1. The summed E-state index contributed by atoms with van der Waals surface area (Å²) in [7, 11) is 1.00. The van der Waals surface area contributed by atoms with E-state index in [0.29, 0.717) is 31.3 Å². The number of aliphatic hydroxyl groups excluding tert-OH is 1. The summed E-state index contributed by atoms with van der Waals surface area (Å²) in [5, 5.41) is 22.7. The topological polar surface area (TPSA) is 104 Å². The lowest BCUT2D eigenvalue weighted by molar-refractivity contribution is -0.179. The molecule has 2 amide bonds. The molecule has 3 atom stereocenters. The Morgan fingerprint density at radius 2 is 1.89 bits per heavy atom. The molecule has 3 N–H and O–H groups in total. The van der Waals surface area contributed by atoms with Crippen LogP contribution in [0.15, 0.2) is 18.2 Å². The number of carbonyl (C=O) groups excluding carboxylic acids is 2. The van der Waals surface area contributed by atoms with Gasteiger partial charge in [0.1, 0.15) is 22.4 Å². The highest BCUT2D eigenvalue weighted by molar-refractivity contribution is 6.06. The zero-order valence-corrected chi connectivity index (χ0v) is 20.9. The lowest BCUT2D eigenvalue weighted by Crippen LogP contribution is -2.84. The van der Waals surface area contributed by atoms with E-state index in [9.17, 15) is 14.8 Å². The fraction of sp³-hybridized carbons (Fsp3) is 0.556. The van der Waals surface area contributed by atoms with Gasteiger partial charge in [-0.05, 0) is 63.0 Å². The number of piperidine rings is 2. The van der Waals surface area contributed by atoms with Gasteiger partial charge in [0.25, 0.3) is 0 Å². The van der Waals surface area contributed by atoms with Crippen LogP contribution in [0.2, 0.25) is 0 Å². The van der Waals surface area contributed by atoms with Gasteiger partial charge in [-0.3, -0.25) is 9.59 Å². The van der Waals surface area contributed by atoms with Gasteiger partial charge in [0.15, 0.2) is 0 Å². The molecule has 6 aliphatic rings. The van der Waals surface area contributed by atoms with E-state index in [-0.39, 0.29) is 17.7 Å². The highest BCUT2D eigenvalue weighted by atomic mass is 16.5. The first kappa shape index (κ1) is 22.5. The van der Waals surface area contributed by atoms with Crippen LogP contribution >= 0.6 is 0 Å². The minimum Gasteiger partial charge on any atom is -0.483 e. The van der Waals surface area contributed by atoms with Crippen molar-refractivity contribution in [1.82, 2.24) is 14.9 Å². The minimum atomic E-state index is -0.960. The number of aromatic nitrogens is 1. The number of fused-ring (bicyclic) bond motifs is 6. The fourth-order valence-corrected chi connectivity index (χ4v) is 7.76. The molecule has 8 rings (SSSR count). The number of carbonyl (C=O) groups is 2. The van der Waals surface area contributed by atoms with Gasteiger partial charge in [-0.2, -0.15) is 4.73 Å². The molecule has 35 heavy (non-hydrogen) atoms. The predicted octanol–water partition coefficient (Wildman–Crippen LogP) is 2.75. The predicted molar refractivity (Wildman–Crippen MR) is 130 cm³/mol. The monoisotopic (exact) mass is 479 g/mol. The molecule has 0 radical (unpaired) electrons. The minimum absolute atomic E-state index is 0.00113. The Hall–Kier alpha value is -3.00. The maximum absolute atomic E-state index is 13.9. The van der Waals surface area contributed by atoms with E-state index in [1.807, 2.05) is 43.0 Å². The summed E-state index contributed by atoms with van der Waals surface area (Å²) in [6.45, 7) is 8.88. The van der Waals surface area contributed by atoms with Crippen molar-refractivity contribution in [3.05, 3.63) is 35.0 Å². The fourth-order valence-electron chi connectivity index (χ4n) is 7.76. The van der Waals surface area contributed by atoms with Crippen LogP contribution in [0.5, 0.6) is 5.75 Å². The SMILES string of the molecule is CC1(C)C=Cc2c(ccc3c4c(n(O)c23)C(C)(C)[C@H]2C[C@]35CCCN3C(=O)[C@@]2(C4)NC5=O)O1.CO. The van der Waals surface area contributed by atoms with Crippen LogP contribution in [0.1, 0.15) is 63.8 Å². The number of rotatable bonds is 0. The van der Waals surface area contributed by atoms with Crippen LogP contribution in [0.25, 0.3) is 17.0 Å². The molecule has 1 aromatic carbocycles. The van der Waals surface area contributed by atoms with Gasteiger partial charge < -0.3 is 25.3 Å². The first-order chi connectivity index (χ1) is 16.5. The lowest BCUT2D eigenvalue weighted by Gasteiger charge is -2.64. The Morgan fingerprint density at radius 3 is 2.63 bits per heavy atom. The van der Waals surface area contributed by atoms with Gasteiger partial charge in [-0.1, -0.05) is 13.8 Å². The summed E-state index contributed by atoms with van der Waals surface area (Å²) in [5.74, 6) is 0.697. The quantitative estimate of drug-likeness (QED) is 0.504. The van der Waals surface area contributed by atoms with Gasteiger partial charge >= 0.3 is 0 Å².